The predicted molar refractivity (Wildman–Crippen MR) is 68.8 cm³/mol. The van der Waals surface area contributed by atoms with E-state index in [2.05, 4.69) is 18.7 Å². The summed E-state index contributed by atoms with van der Waals surface area (Å²) in [5.74, 6) is 0.891. The van der Waals surface area contributed by atoms with Gasteiger partial charge in [-0.05, 0) is 43.8 Å². The highest BCUT2D eigenvalue weighted by Gasteiger charge is 2.00. The van der Waals surface area contributed by atoms with E-state index in [9.17, 15) is 0 Å². The van der Waals surface area contributed by atoms with E-state index in [0.717, 1.165) is 37.7 Å². The van der Waals surface area contributed by atoms with Gasteiger partial charge >= 0.3 is 0 Å². The molecule has 0 saturated heterocycles. The van der Waals surface area contributed by atoms with Gasteiger partial charge in [-0.3, -0.25) is 0 Å². The van der Waals surface area contributed by atoms with E-state index < -0.39 is 0 Å². The summed E-state index contributed by atoms with van der Waals surface area (Å²) in [5, 5.41) is 0. The van der Waals surface area contributed by atoms with E-state index in [1.165, 1.54) is 6.42 Å². The summed E-state index contributed by atoms with van der Waals surface area (Å²) < 4.78 is 5.64. The van der Waals surface area contributed by atoms with Gasteiger partial charge in [0.15, 0.2) is 0 Å². The number of rotatable bonds is 7. The first-order chi connectivity index (χ1) is 7.76. The topological polar surface area (TPSA) is 38.5 Å². The molecule has 0 unspecified atom stereocenters. The lowest BCUT2D eigenvalue weighted by Gasteiger charge is -2.19. The average Bonchev–Trinajstić information content (AvgIpc) is 2.30. The normalized spacial score (nSPS) is 10.7. The van der Waals surface area contributed by atoms with Crippen molar-refractivity contribution in [1.82, 2.24) is 4.90 Å². The number of nitrogen functional groups attached to an aromatic ring is 1. The molecular weight excluding hydrogens is 200 g/mol. The molecule has 0 amide bonds. The van der Waals surface area contributed by atoms with E-state index in [0.29, 0.717) is 0 Å². The number of anilines is 1. The minimum Gasteiger partial charge on any atom is -0.492 e. The number of hydrogen-bond acceptors (Lipinski definition) is 3. The van der Waals surface area contributed by atoms with Gasteiger partial charge < -0.3 is 15.4 Å². The first-order valence-electron chi connectivity index (χ1n) is 5.97. The second-order valence-electron chi connectivity index (χ2n) is 3.85. The van der Waals surface area contributed by atoms with Crippen molar-refractivity contribution in [3.05, 3.63) is 24.3 Å². The van der Waals surface area contributed by atoms with Gasteiger partial charge in [0.05, 0.1) is 0 Å². The fourth-order valence-corrected chi connectivity index (χ4v) is 1.60. The highest BCUT2D eigenvalue weighted by molar-refractivity contribution is 5.41. The van der Waals surface area contributed by atoms with Crippen LogP contribution >= 0.6 is 0 Å². The molecule has 3 nitrogen and oxygen atoms in total. The molecule has 0 heterocycles. The second-order valence-corrected chi connectivity index (χ2v) is 3.85. The fraction of sp³-hybridized carbons (Fsp3) is 0.538. The predicted octanol–water partition coefficient (Wildman–Crippen LogP) is 2.38. The Labute approximate surface area is 98.2 Å². The Kier molecular flexibility index (Phi) is 5.72. The van der Waals surface area contributed by atoms with Crippen molar-refractivity contribution in [3.8, 4) is 5.75 Å². The number of likely N-dealkylation sites (N-methyl/N-ethyl adjacent to an activating group) is 1. The summed E-state index contributed by atoms with van der Waals surface area (Å²) in [7, 11) is 0. The van der Waals surface area contributed by atoms with Crippen molar-refractivity contribution in [2.45, 2.75) is 20.3 Å². The molecule has 16 heavy (non-hydrogen) atoms. The SMILES string of the molecule is CCCN(CC)CCOc1ccc(N)cc1. The standard InChI is InChI=1S/C13H22N2O/c1-3-9-15(4-2)10-11-16-13-7-5-12(14)6-8-13/h5-8H,3-4,9-11,14H2,1-2H3. The van der Waals surface area contributed by atoms with Crippen LogP contribution in [0, 0.1) is 0 Å². The van der Waals surface area contributed by atoms with Crippen molar-refractivity contribution >= 4 is 5.69 Å². The molecule has 0 aliphatic carbocycles. The van der Waals surface area contributed by atoms with Gasteiger partial charge in [-0.1, -0.05) is 13.8 Å². The number of hydrogen-bond donors (Lipinski definition) is 1. The molecule has 3 heteroatoms. The zero-order valence-corrected chi connectivity index (χ0v) is 10.3. The first kappa shape index (κ1) is 12.8. The molecule has 0 radical (unpaired) electrons. The largest absolute Gasteiger partial charge is 0.492 e. The Morgan fingerprint density at radius 3 is 2.38 bits per heavy atom. The maximum Gasteiger partial charge on any atom is 0.119 e. The van der Waals surface area contributed by atoms with Crippen LogP contribution < -0.4 is 10.5 Å². The van der Waals surface area contributed by atoms with Crippen molar-refractivity contribution in [2.75, 3.05) is 32.0 Å². The summed E-state index contributed by atoms with van der Waals surface area (Å²) in [6.07, 6.45) is 1.19. The molecular formula is C13H22N2O. The molecule has 0 saturated carbocycles. The molecule has 0 spiro atoms. The van der Waals surface area contributed by atoms with Crippen LogP contribution in [-0.2, 0) is 0 Å². The molecule has 0 fully saturated rings. The molecule has 0 aromatic heterocycles. The van der Waals surface area contributed by atoms with Crippen LogP contribution in [0.1, 0.15) is 20.3 Å². The maximum atomic E-state index is 5.64. The Hall–Kier alpha value is -1.22. The van der Waals surface area contributed by atoms with E-state index in [1.807, 2.05) is 24.3 Å². The van der Waals surface area contributed by atoms with E-state index in [1.54, 1.807) is 0 Å². The van der Waals surface area contributed by atoms with Crippen molar-refractivity contribution in [3.63, 3.8) is 0 Å². The average molecular weight is 222 g/mol. The van der Waals surface area contributed by atoms with Crippen molar-refractivity contribution in [2.24, 2.45) is 0 Å². The van der Waals surface area contributed by atoms with Gasteiger partial charge in [0, 0.05) is 12.2 Å². The van der Waals surface area contributed by atoms with Crippen LogP contribution in [0.15, 0.2) is 24.3 Å². The molecule has 0 atom stereocenters. The smallest absolute Gasteiger partial charge is 0.119 e. The lowest BCUT2D eigenvalue weighted by molar-refractivity contribution is 0.216. The summed E-state index contributed by atoms with van der Waals surface area (Å²) in [5.41, 5.74) is 6.37. The lowest BCUT2D eigenvalue weighted by atomic mass is 10.3. The van der Waals surface area contributed by atoms with Crippen LogP contribution in [0.25, 0.3) is 0 Å². The van der Waals surface area contributed by atoms with Crippen LogP contribution in [-0.4, -0.2) is 31.1 Å². The molecule has 0 aliphatic rings. The fourth-order valence-electron chi connectivity index (χ4n) is 1.60. The van der Waals surface area contributed by atoms with Gasteiger partial charge in [0.25, 0.3) is 0 Å². The molecule has 1 rings (SSSR count). The van der Waals surface area contributed by atoms with Gasteiger partial charge in [-0.2, -0.15) is 0 Å². The van der Waals surface area contributed by atoms with Crippen LogP contribution in [0.3, 0.4) is 0 Å². The molecule has 0 aliphatic heterocycles. The summed E-state index contributed by atoms with van der Waals surface area (Å²) in [6, 6.07) is 7.54. The van der Waals surface area contributed by atoms with Gasteiger partial charge in [-0.15, -0.1) is 0 Å². The van der Waals surface area contributed by atoms with Crippen LogP contribution in [0.4, 0.5) is 5.69 Å². The minimum absolute atomic E-state index is 0.734. The number of ether oxygens (including phenoxy) is 1. The highest BCUT2D eigenvalue weighted by Crippen LogP contribution is 2.12. The van der Waals surface area contributed by atoms with Crippen LogP contribution in [0.2, 0.25) is 0 Å². The maximum absolute atomic E-state index is 5.64. The monoisotopic (exact) mass is 222 g/mol. The lowest BCUT2D eigenvalue weighted by Crippen LogP contribution is -2.28. The quantitative estimate of drug-likeness (QED) is 0.720. The molecule has 0 bridgehead atoms. The van der Waals surface area contributed by atoms with E-state index in [4.69, 9.17) is 10.5 Å². The summed E-state index contributed by atoms with van der Waals surface area (Å²) in [6.45, 7) is 8.31. The third-order valence-corrected chi connectivity index (χ3v) is 2.54. The Morgan fingerprint density at radius 1 is 1.12 bits per heavy atom. The minimum atomic E-state index is 0.734. The molecule has 2 N–H and O–H groups in total. The Balaban J connectivity index is 2.26. The van der Waals surface area contributed by atoms with E-state index >= 15 is 0 Å². The van der Waals surface area contributed by atoms with Gasteiger partial charge in [0.2, 0.25) is 0 Å². The number of nitrogens with zero attached hydrogens (tertiary/aromatic N) is 1. The zero-order chi connectivity index (χ0) is 11.8. The van der Waals surface area contributed by atoms with E-state index in [-0.39, 0.29) is 0 Å². The summed E-state index contributed by atoms with van der Waals surface area (Å²) in [4.78, 5) is 2.39. The van der Waals surface area contributed by atoms with Crippen molar-refractivity contribution < 1.29 is 4.74 Å². The third kappa shape index (κ3) is 4.53. The zero-order valence-electron chi connectivity index (χ0n) is 10.3. The Morgan fingerprint density at radius 2 is 1.81 bits per heavy atom. The first-order valence-corrected chi connectivity index (χ1v) is 5.97. The van der Waals surface area contributed by atoms with Crippen LogP contribution in [0.5, 0.6) is 5.75 Å². The molecule has 1 aromatic rings. The van der Waals surface area contributed by atoms with Gasteiger partial charge in [-0.25, -0.2) is 0 Å². The highest BCUT2D eigenvalue weighted by atomic mass is 16.5. The number of benzene rings is 1. The molecule has 90 valence electrons. The van der Waals surface area contributed by atoms with Gasteiger partial charge in [0.1, 0.15) is 12.4 Å². The van der Waals surface area contributed by atoms with Crippen molar-refractivity contribution in [1.29, 1.82) is 0 Å². The molecule has 1 aromatic carbocycles. The Bertz CT molecular complexity index is 284. The number of nitrogens with two attached hydrogens (primary N) is 1. The summed E-state index contributed by atoms with van der Waals surface area (Å²) >= 11 is 0. The second kappa shape index (κ2) is 7.12. The third-order valence-electron chi connectivity index (χ3n) is 2.54.